The molecular weight excluding hydrogens is 408 g/mol. The van der Waals surface area contributed by atoms with Gasteiger partial charge in [-0.1, -0.05) is 0 Å². The summed E-state index contributed by atoms with van der Waals surface area (Å²) in [5, 5.41) is 25.7. The van der Waals surface area contributed by atoms with Gasteiger partial charge >= 0.3 is 0 Å². The van der Waals surface area contributed by atoms with Gasteiger partial charge in [-0.05, 0) is 51.2 Å². The van der Waals surface area contributed by atoms with E-state index in [0.717, 1.165) is 0 Å². The van der Waals surface area contributed by atoms with Crippen LogP contribution in [0, 0.1) is 5.21 Å². The number of phenols is 1. The van der Waals surface area contributed by atoms with E-state index in [4.69, 9.17) is 18.8 Å². The van der Waals surface area contributed by atoms with Crippen LogP contribution in [-0.4, -0.2) is 31.6 Å². The van der Waals surface area contributed by atoms with E-state index in [1.54, 1.807) is 24.3 Å². The lowest BCUT2D eigenvalue weighted by molar-refractivity contribution is -0.793. The van der Waals surface area contributed by atoms with Crippen molar-refractivity contribution in [1.82, 2.24) is 5.16 Å². The van der Waals surface area contributed by atoms with Gasteiger partial charge in [0, 0.05) is 16.3 Å². The maximum atomic E-state index is 12.2. The minimum atomic E-state index is 0.0528. The molecule has 0 amide bonds. The van der Waals surface area contributed by atoms with Crippen molar-refractivity contribution in [2.45, 2.75) is 0 Å². The van der Waals surface area contributed by atoms with Crippen molar-refractivity contribution < 1.29 is 28.8 Å². The van der Waals surface area contributed by atoms with E-state index in [2.05, 4.69) is 21.1 Å². The lowest BCUT2D eigenvalue weighted by Crippen LogP contribution is -2.25. The molecule has 136 valence electrons. The van der Waals surface area contributed by atoms with Crippen LogP contribution in [0.15, 0.2) is 39.4 Å². The summed E-state index contributed by atoms with van der Waals surface area (Å²) >= 11 is 3.23. The molecule has 0 aliphatic rings. The van der Waals surface area contributed by atoms with Gasteiger partial charge in [0.1, 0.15) is 5.75 Å². The number of halogens is 1. The summed E-state index contributed by atoms with van der Waals surface area (Å²) in [6.45, 7) is 0. The first kappa shape index (κ1) is 17.9. The number of hydrogen-bond donors (Lipinski definition) is 1. The SMILES string of the molecule is COc1cc(-c2no[n+]([O-])c2-c2ccc(O)c(Br)c2)cc(OC)c1OC. The van der Waals surface area contributed by atoms with Gasteiger partial charge in [-0.25, -0.2) is 0 Å². The summed E-state index contributed by atoms with van der Waals surface area (Å²) in [5.74, 6) is 1.31. The Morgan fingerprint density at radius 3 is 2.23 bits per heavy atom. The van der Waals surface area contributed by atoms with E-state index < -0.39 is 0 Å². The number of ether oxygens (including phenoxy) is 3. The summed E-state index contributed by atoms with van der Waals surface area (Å²) in [7, 11) is 4.49. The fraction of sp³-hybridized carbons (Fsp3) is 0.176. The molecule has 0 saturated heterocycles. The molecule has 0 radical (unpaired) electrons. The zero-order chi connectivity index (χ0) is 18.8. The second-order valence-corrected chi connectivity index (χ2v) is 6.06. The molecular formula is C17H15BrN2O6. The van der Waals surface area contributed by atoms with Crippen LogP contribution in [0.1, 0.15) is 0 Å². The predicted octanol–water partition coefficient (Wildman–Crippen LogP) is 3.14. The van der Waals surface area contributed by atoms with E-state index in [-0.39, 0.29) is 17.1 Å². The Labute approximate surface area is 157 Å². The highest BCUT2D eigenvalue weighted by Crippen LogP contribution is 2.42. The largest absolute Gasteiger partial charge is 0.507 e. The first-order valence-corrected chi connectivity index (χ1v) is 8.18. The standard InChI is InChI=1S/C17H15BrN2O6/c1-23-13-7-10(8-14(24-2)17(13)25-3)15-16(20(22)26-19-15)9-4-5-12(21)11(18)6-9/h4-8,21H,1-3H3. The quantitative estimate of drug-likeness (QED) is 0.630. The van der Waals surface area contributed by atoms with Crippen molar-refractivity contribution in [1.29, 1.82) is 0 Å². The van der Waals surface area contributed by atoms with Gasteiger partial charge in [0.15, 0.2) is 11.5 Å². The van der Waals surface area contributed by atoms with Crippen LogP contribution in [-0.2, 0) is 0 Å². The molecule has 1 N–H and O–H groups in total. The molecule has 9 heteroatoms. The normalized spacial score (nSPS) is 10.6. The molecule has 0 atom stereocenters. The number of benzene rings is 2. The van der Waals surface area contributed by atoms with Crippen molar-refractivity contribution >= 4 is 15.9 Å². The molecule has 0 bridgehead atoms. The first-order valence-electron chi connectivity index (χ1n) is 7.39. The van der Waals surface area contributed by atoms with Gasteiger partial charge in [-0.15, -0.1) is 0 Å². The summed E-state index contributed by atoms with van der Waals surface area (Å²) in [6, 6.07) is 7.97. The van der Waals surface area contributed by atoms with E-state index >= 15 is 0 Å². The molecule has 0 fully saturated rings. The summed E-state index contributed by atoms with van der Waals surface area (Å²) in [6.07, 6.45) is 0. The van der Waals surface area contributed by atoms with Gasteiger partial charge in [-0.2, -0.15) is 0 Å². The summed E-state index contributed by atoms with van der Waals surface area (Å²) in [5.41, 5.74) is 1.52. The second-order valence-electron chi connectivity index (χ2n) is 5.21. The van der Waals surface area contributed by atoms with Crippen molar-refractivity contribution in [2.75, 3.05) is 21.3 Å². The number of aromatic hydroxyl groups is 1. The maximum absolute atomic E-state index is 12.2. The molecule has 0 unspecified atom stereocenters. The Hall–Kier alpha value is -2.94. The Balaban J connectivity index is 2.21. The van der Waals surface area contributed by atoms with Crippen molar-refractivity contribution in [3.63, 3.8) is 0 Å². The summed E-state index contributed by atoms with van der Waals surface area (Å²) in [4.78, 5) is 0.303. The maximum Gasteiger partial charge on any atom is 0.256 e. The van der Waals surface area contributed by atoms with Crippen LogP contribution in [0.25, 0.3) is 22.5 Å². The van der Waals surface area contributed by atoms with Crippen LogP contribution >= 0.6 is 15.9 Å². The highest BCUT2D eigenvalue weighted by molar-refractivity contribution is 9.10. The van der Waals surface area contributed by atoms with E-state index in [9.17, 15) is 10.3 Å². The summed E-state index contributed by atoms with van der Waals surface area (Å²) < 4.78 is 21.2. The van der Waals surface area contributed by atoms with Crippen molar-refractivity contribution in [2.24, 2.45) is 0 Å². The van der Waals surface area contributed by atoms with Gasteiger partial charge in [0.25, 0.3) is 5.69 Å². The van der Waals surface area contributed by atoms with Crippen LogP contribution in [0.3, 0.4) is 0 Å². The number of aromatic nitrogens is 2. The topological polar surface area (TPSA) is 101 Å². The van der Waals surface area contributed by atoms with Crippen LogP contribution in [0.4, 0.5) is 0 Å². The van der Waals surface area contributed by atoms with Crippen LogP contribution < -0.4 is 19.1 Å². The molecule has 1 aromatic heterocycles. The van der Waals surface area contributed by atoms with E-state index in [1.807, 2.05) is 0 Å². The number of methoxy groups -OCH3 is 3. The van der Waals surface area contributed by atoms with E-state index in [1.165, 1.54) is 27.4 Å². The molecule has 26 heavy (non-hydrogen) atoms. The molecule has 1 heterocycles. The Morgan fingerprint density at radius 1 is 1.04 bits per heavy atom. The third kappa shape index (κ3) is 3.01. The fourth-order valence-corrected chi connectivity index (χ4v) is 2.93. The second kappa shape index (κ2) is 7.12. The highest BCUT2D eigenvalue weighted by Gasteiger charge is 2.26. The molecule has 0 aliphatic carbocycles. The molecule has 3 rings (SSSR count). The van der Waals surface area contributed by atoms with Gasteiger partial charge in [0.2, 0.25) is 11.4 Å². The minimum Gasteiger partial charge on any atom is -0.507 e. The Kier molecular flexibility index (Phi) is 4.90. The van der Waals surface area contributed by atoms with Crippen molar-refractivity contribution in [3.05, 3.63) is 40.0 Å². The molecule has 0 saturated carbocycles. The number of phenolic OH excluding ortho intramolecular Hbond substituents is 1. The van der Waals surface area contributed by atoms with Crippen molar-refractivity contribution in [3.8, 4) is 45.5 Å². The molecule has 0 spiro atoms. The fourth-order valence-electron chi connectivity index (χ4n) is 2.55. The Bertz CT molecular complexity index is 931. The molecule has 3 aromatic rings. The smallest absolute Gasteiger partial charge is 0.256 e. The third-order valence-electron chi connectivity index (χ3n) is 3.77. The molecule has 8 nitrogen and oxygen atoms in total. The number of hydrogen-bond acceptors (Lipinski definition) is 7. The van der Waals surface area contributed by atoms with Gasteiger partial charge in [-0.3, -0.25) is 4.63 Å². The van der Waals surface area contributed by atoms with Crippen LogP contribution in [0.2, 0.25) is 0 Å². The predicted molar refractivity (Wildman–Crippen MR) is 95.4 cm³/mol. The first-order chi connectivity index (χ1) is 12.5. The number of rotatable bonds is 5. The Morgan fingerprint density at radius 2 is 1.69 bits per heavy atom. The monoisotopic (exact) mass is 422 g/mol. The molecule has 0 aliphatic heterocycles. The zero-order valence-corrected chi connectivity index (χ0v) is 15.7. The average Bonchev–Trinajstić information content (AvgIpc) is 3.04. The van der Waals surface area contributed by atoms with Gasteiger partial charge < -0.3 is 24.5 Å². The van der Waals surface area contributed by atoms with E-state index in [0.29, 0.717) is 37.8 Å². The highest BCUT2D eigenvalue weighted by atomic mass is 79.9. The lowest BCUT2D eigenvalue weighted by atomic mass is 10.0. The minimum absolute atomic E-state index is 0.0528. The van der Waals surface area contributed by atoms with Crippen LogP contribution in [0.5, 0.6) is 23.0 Å². The molecule has 2 aromatic carbocycles. The van der Waals surface area contributed by atoms with Gasteiger partial charge in [0.05, 0.1) is 25.8 Å². The lowest BCUT2D eigenvalue weighted by Gasteiger charge is -2.12. The number of nitrogens with zero attached hydrogens (tertiary/aromatic N) is 2. The third-order valence-corrected chi connectivity index (χ3v) is 4.41. The zero-order valence-electron chi connectivity index (χ0n) is 14.1. The average molecular weight is 423 g/mol.